The van der Waals surface area contributed by atoms with Gasteiger partial charge in [0.05, 0.1) is 51.1 Å². The van der Waals surface area contributed by atoms with Crippen molar-refractivity contribution in [2.24, 2.45) is 0 Å². The van der Waals surface area contributed by atoms with E-state index in [0.29, 0.717) is 13.0 Å². The molecule has 0 unspecified atom stereocenters. The monoisotopic (exact) mass is 976 g/mol. The first kappa shape index (κ1) is 51.3. The summed E-state index contributed by atoms with van der Waals surface area (Å²) in [7, 11) is 0. The second kappa shape index (κ2) is 16.9. The van der Waals surface area contributed by atoms with Crippen LogP contribution in [0.5, 0.6) is 0 Å². The minimum Gasteiger partial charge on any atom is -0.237 e. The summed E-state index contributed by atoms with van der Waals surface area (Å²) < 4.78 is 303. The number of benzene rings is 5. The van der Waals surface area contributed by atoms with Crippen LogP contribution in [0.15, 0.2) is 72.8 Å². The van der Waals surface area contributed by atoms with Crippen LogP contribution in [0, 0.1) is 38.7 Å². The Labute approximate surface area is 362 Å². The molecule has 2 nitrogen and oxygen atoms in total. The van der Waals surface area contributed by atoms with Crippen molar-refractivity contribution >= 4 is 11.3 Å². The summed E-state index contributed by atoms with van der Waals surface area (Å²) in [6, 6.07) is 1.55. The third-order valence-corrected chi connectivity index (χ3v) is 9.87. The van der Waals surface area contributed by atoms with Crippen LogP contribution in [-0.2, 0) is 43.2 Å². The van der Waals surface area contributed by atoms with Gasteiger partial charge < -0.3 is 0 Å². The zero-order valence-corrected chi connectivity index (χ0v) is 33.3. The fourth-order valence-electron chi connectivity index (χ4n) is 7.19. The average molecular weight is 977 g/mol. The van der Waals surface area contributed by atoms with E-state index in [-0.39, 0.29) is 48.5 Å². The summed E-state index contributed by atoms with van der Waals surface area (Å²) in [5.41, 5.74) is -29.3. The molecule has 0 spiro atoms. The van der Waals surface area contributed by atoms with Crippen molar-refractivity contribution in [2.45, 2.75) is 64.0 Å². The van der Waals surface area contributed by atoms with Crippen molar-refractivity contribution in [2.75, 3.05) is 0 Å². The lowest BCUT2D eigenvalue weighted by Gasteiger charge is -2.22. The van der Waals surface area contributed by atoms with Crippen LogP contribution in [0.3, 0.4) is 0 Å². The number of nitriles is 1. The number of rotatable bonds is 4. The Kier molecular flexibility index (Phi) is 12.9. The molecule has 354 valence electrons. The topological polar surface area (TPSA) is 28.1 Å². The molecule has 0 atom stereocenters. The van der Waals surface area contributed by atoms with Gasteiger partial charge in [-0.05, 0) is 126 Å². The lowest BCUT2D eigenvalue weighted by atomic mass is 9.85. The van der Waals surface area contributed by atoms with E-state index in [1.165, 1.54) is 0 Å². The highest BCUT2D eigenvalue weighted by molar-refractivity contribution is 5.89. The van der Waals surface area contributed by atoms with Gasteiger partial charge in [-0.1, -0.05) is 17.7 Å². The van der Waals surface area contributed by atoms with Crippen molar-refractivity contribution in [3.8, 4) is 28.3 Å². The molecule has 67 heavy (non-hydrogen) atoms. The Morgan fingerprint density at radius 3 is 1.18 bits per heavy atom. The highest BCUT2D eigenvalue weighted by Gasteiger charge is 2.44. The summed E-state index contributed by atoms with van der Waals surface area (Å²) in [5.74, 6) is 0. The number of hydrogen-bond donors (Lipinski definition) is 0. The highest BCUT2D eigenvalue weighted by atomic mass is 19.4. The lowest BCUT2D eigenvalue weighted by Crippen LogP contribution is -2.24. The number of halogens is 21. The molecule has 0 saturated heterocycles. The van der Waals surface area contributed by atoms with Crippen molar-refractivity contribution in [3.63, 3.8) is 0 Å². The Morgan fingerprint density at radius 1 is 0.418 bits per heavy atom. The van der Waals surface area contributed by atoms with Gasteiger partial charge in [0, 0.05) is 10.8 Å². The molecule has 0 amide bonds. The largest absolute Gasteiger partial charge is 0.417 e. The molecule has 5 aromatic rings. The Hall–Kier alpha value is -6.65. The molecule has 0 aliphatic heterocycles. The van der Waals surface area contributed by atoms with Crippen molar-refractivity contribution in [1.29, 1.82) is 5.26 Å². The van der Waals surface area contributed by atoms with E-state index >= 15 is 0 Å². The Bertz CT molecular complexity index is 2940. The van der Waals surface area contributed by atoms with Gasteiger partial charge in [0.25, 0.3) is 0 Å². The normalized spacial score (nSPS) is 14.1. The smallest absolute Gasteiger partial charge is 0.237 e. The van der Waals surface area contributed by atoms with Gasteiger partial charge in [0.2, 0.25) is 5.70 Å². The van der Waals surface area contributed by atoms with Crippen LogP contribution in [0.1, 0.15) is 66.8 Å². The van der Waals surface area contributed by atoms with E-state index in [4.69, 9.17) is 6.57 Å². The van der Waals surface area contributed by atoms with Crippen molar-refractivity contribution < 1.29 is 92.2 Å². The minimum atomic E-state index is -5.87. The molecule has 5 rings (SSSR count). The second-order valence-corrected chi connectivity index (χ2v) is 14.7. The van der Waals surface area contributed by atoms with E-state index in [9.17, 15) is 97.5 Å². The van der Waals surface area contributed by atoms with Gasteiger partial charge in [-0.2, -0.15) is 97.5 Å². The molecule has 0 aliphatic carbocycles. The standard InChI is InChI=1S/C44H21F21N2/c1-18-5-21(10-23(6-18)38(45,46)47)28-15-29(31(17-66)36-32(42(57,58)59)7-19(2)8-33(36)43(60,61)62)27(22-11-25(40(51,52)53)13-26(12-22)41(54,55)56)16-30(28)37(67-4)35-20(3)9-24(39(48,49)50)14-34(35)44(63,64)65/h5-16H,1-3H3/b31-29+,37-30-. The van der Waals surface area contributed by atoms with Gasteiger partial charge in [-0.15, -0.1) is 0 Å². The van der Waals surface area contributed by atoms with E-state index in [2.05, 4.69) is 4.85 Å². The quantitative estimate of drug-likeness (QED) is 0.130. The molecule has 23 heteroatoms. The maximum atomic E-state index is 14.8. The first-order valence-corrected chi connectivity index (χ1v) is 18.1. The maximum Gasteiger partial charge on any atom is 0.417 e. The molecule has 0 fully saturated rings. The van der Waals surface area contributed by atoms with Crippen LogP contribution in [0.25, 0.3) is 38.4 Å². The lowest BCUT2D eigenvalue weighted by molar-refractivity contribution is -0.145. The summed E-state index contributed by atoms with van der Waals surface area (Å²) in [6.07, 6.45) is -40.0. The average Bonchev–Trinajstić information content (AvgIpc) is 3.16. The number of aryl methyl sites for hydroxylation is 3. The minimum absolute atomic E-state index is 0.0654. The van der Waals surface area contributed by atoms with E-state index < -0.39 is 166 Å². The summed E-state index contributed by atoms with van der Waals surface area (Å²) in [5, 5.41) is 7.75. The molecule has 0 heterocycles. The van der Waals surface area contributed by atoms with E-state index in [1.54, 1.807) is 0 Å². The number of hydrogen-bond acceptors (Lipinski definition) is 1. The predicted octanol–water partition coefficient (Wildman–Crippen LogP) is 14.9. The zero-order chi connectivity index (χ0) is 50.9. The van der Waals surface area contributed by atoms with E-state index in [1.807, 2.05) is 0 Å². The molecular formula is C44H21F21N2. The Morgan fingerprint density at radius 2 is 0.776 bits per heavy atom. The molecule has 5 aromatic carbocycles. The summed E-state index contributed by atoms with van der Waals surface area (Å²) in [6.45, 7) is 10.3. The van der Waals surface area contributed by atoms with Crippen molar-refractivity contribution in [1.82, 2.24) is 0 Å². The van der Waals surface area contributed by atoms with Crippen LogP contribution in [0.4, 0.5) is 92.2 Å². The van der Waals surface area contributed by atoms with Crippen molar-refractivity contribution in [3.05, 3.63) is 161 Å². The second-order valence-electron chi connectivity index (χ2n) is 14.7. The summed E-state index contributed by atoms with van der Waals surface area (Å²) >= 11 is 0. The maximum absolute atomic E-state index is 14.8. The van der Waals surface area contributed by atoms with Crippen LogP contribution >= 0.6 is 0 Å². The first-order valence-electron chi connectivity index (χ1n) is 18.1. The third-order valence-electron chi connectivity index (χ3n) is 9.87. The number of nitrogens with zero attached hydrogens (tertiary/aromatic N) is 2. The molecule has 0 saturated carbocycles. The van der Waals surface area contributed by atoms with E-state index in [0.717, 1.165) is 26.0 Å². The summed E-state index contributed by atoms with van der Waals surface area (Å²) in [4.78, 5) is 2.97. The molecule has 0 aromatic heterocycles. The number of alkyl halides is 21. The van der Waals surface area contributed by atoms with Gasteiger partial charge in [-0.3, -0.25) is 0 Å². The van der Waals surface area contributed by atoms with Gasteiger partial charge in [0.15, 0.2) is 0 Å². The predicted molar refractivity (Wildman–Crippen MR) is 196 cm³/mol. The van der Waals surface area contributed by atoms with Crippen LogP contribution < -0.4 is 10.4 Å². The van der Waals surface area contributed by atoms with Crippen LogP contribution in [0.2, 0.25) is 0 Å². The Balaban J connectivity index is 2.34. The molecular weight excluding hydrogens is 955 g/mol. The molecule has 0 aliphatic rings. The zero-order valence-electron chi connectivity index (χ0n) is 33.3. The third kappa shape index (κ3) is 10.7. The molecule has 0 radical (unpaired) electrons. The van der Waals surface area contributed by atoms with Crippen LogP contribution in [-0.4, -0.2) is 0 Å². The SMILES string of the molecule is [C-]#[N+]/C(c1c(C)cc(C(F)(F)F)cc1C(F)(F)F)=c1/cc(-c2cc(C(F)(F)F)cc(C(F)(F)F)c2)/c(=C(\C#N)c2c(C(F)(F)F)cc(C)cc2C(F)(F)F)cc1-c1cc(C)cc(C(F)(F)F)c1. The van der Waals surface area contributed by atoms with Gasteiger partial charge in [0.1, 0.15) is 6.07 Å². The molecule has 0 N–H and O–H groups in total. The van der Waals surface area contributed by atoms with Gasteiger partial charge >= 0.3 is 43.2 Å². The fraction of sp³-hybridized carbons (Fsp3) is 0.227. The van der Waals surface area contributed by atoms with Gasteiger partial charge in [-0.25, -0.2) is 4.85 Å². The highest BCUT2D eigenvalue weighted by Crippen LogP contribution is 2.45. The molecule has 0 bridgehead atoms. The first-order chi connectivity index (χ1) is 30.3. The fourth-order valence-corrected chi connectivity index (χ4v) is 7.19.